The summed E-state index contributed by atoms with van der Waals surface area (Å²) in [6, 6.07) is 8.80. The summed E-state index contributed by atoms with van der Waals surface area (Å²) in [7, 11) is 0. The van der Waals surface area contributed by atoms with Crippen molar-refractivity contribution in [3.8, 4) is 0 Å². The van der Waals surface area contributed by atoms with Gasteiger partial charge < -0.3 is 14.9 Å². The number of Topliss-reactive ketones (excluding diaryl/α,β-unsaturated/α-hetero) is 1. The fraction of sp³-hybridized carbons (Fsp3) is 0.636. The zero-order valence-corrected chi connectivity index (χ0v) is 16.2. The van der Waals surface area contributed by atoms with Crippen LogP contribution in [0.2, 0.25) is 0 Å². The predicted molar refractivity (Wildman–Crippen MR) is 99.0 cm³/mol. The Hall–Kier alpha value is -1.72. The maximum absolute atomic E-state index is 13.0. The van der Waals surface area contributed by atoms with E-state index in [9.17, 15) is 19.8 Å². The summed E-state index contributed by atoms with van der Waals surface area (Å²) in [5, 5.41) is 22.7. The zero-order chi connectivity index (χ0) is 19.7. The van der Waals surface area contributed by atoms with Crippen molar-refractivity contribution in [2.24, 2.45) is 22.7 Å². The van der Waals surface area contributed by atoms with Crippen LogP contribution in [-0.4, -0.2) is 39.8 Å². The highest BCUT2D eigenvalue weighted by Crippen LogP contribution is 2.70. The molecular weight excluding hydrogens is 344 g/mol. The number of carbonyl (C=O) groups is 2. The van der Waals surface area contributed by atoms with Crippen LogP contribution in [0.4, 0.5) is 0 Å². The van der Waals surface area contributed by atoms with E-state index < -0.39 is 39.8 Å². The van der Waals surface area contributed by atoms with Gasteiger partial charge in [-0.2, -0.15) is 0 Å². The van der Waals surface area contributed by atoms with E-state index in [1.54, 1.807) is 31.2 Å². The van der Waals surface area contributed by atoms with Gasteiger partial charge in [-0.25, -0.2) is 4.79 Å². The summed E-state index contributed by atoms with van der Waals surface area (Å²) in [6.45, 7) is 5.80. The van der Waals surface area contributed by atoms with Crippen molar-refractivity contribution < 1.29 is 24.5 Å². The molecule has 3 fully saturated rings. The van der Waals surface area contributed by atoms with Gasteiger partial charge in [0.05, 0.1) is 23.4 Å². The van der Waals surface area contributed by atoms with Gasteiger partial charge in [0.25, 0.3) is 0 Å². The molecule has 0 bridgehead atoms. The fourth-order valence-corrected chi connectivity index (χ4v) is 6.01. The van der Waals surface area contributed by atoms with Crippen LogP contribution in [0.3, 0.4) is 0 Å². The highest BCUT2D eigenvalue weighted by Gasteiger charge is 2.77. The van der Waals surface area contributed by atoms with Gasteiger partial charge in [-0.3, -0.25) is 4.79 Å². The third kappa shape index (κ3) is 2.31. The molecule has 0 aliphatic heterocycles. The Morgan fingerprint density at radius 1 is 1.15 bits per heavy atom. The molecule has 0 radical (unpaired) electrons. The average molecular weight is 372 g/mol. The van der Waals surface area contributed by atoms with Crippen LogP contribution in [0.15, 0.2) is 30.3 Å². The summed E-state index contributed by atoms with van der Waals surface area (Å²) in [4.78, 5) is 25.3. The number of carbonyl (C=O) groups excluding carboxylic acids is 2. The first kappa shape index (κ1) is 18.6. The number of esters is 1. The number of benzene rings is 1. The van der Waals surface area contributed by atoms with Gasteiger partial charge in [-0.1, -0.05) is 39.0 Å². The highest BCUT2D eigenvalue weighted by atomic mass is 16.5. The largest absolute Gasteiger partial charge is 0.462 e. The first-order chi connectivity index (χ1) is 12.6. The molecule has 1 aromatic carbocycles. The van der Waals surface area contributed by atoms with Gasteiger partial charge in [-0.15, -0.1) is 0 Å². The van der Waals surface area contributed by atoms with Gasteiger partial charge >= 0.3 is 5.97 Å². The molecule has 6 atom stereocenters. The molecule has 0 aromatic heterocycles. The van der Waals surface area contributed by atoms with Crippen molar-refractivity contribution in [3.63, 3.8) is 0 Å². The molecule has 0 heterocycles. The van der Waals surface area contributed by atoms with Crippen molar-refractivity contribution in [3.05, 3.63) is 35.9 Å². The summed E-state index contributed by atoms with van der Waals surface area (Å²) < 4.78 is 5.54. The van der Waals surface area contributed by atoms with Crippen LogP contribution in [-0.2, 0) is 9.53 Å². The normalized spacial score (nSPS) is 45.6. The van der Waals surface area contributed by atoms with E-state index >= 15 is 0 Å². The first-order valence-corrected chi connectivity index (χ1v) is 9.77. The number of hydrogen-bond acceptors (Lipinski definition) is 5. The quantitative estimate of drug-likeness (QED) is 0.797. The fourth-order valence-electron chi connectivity index (χ4n) is 6.01. The van der Waals surface area contributed by atoms with Crippen molar-refractivity contribution in [2.75, 3.05) is 6.61 Å². The van der Waals surface area contributed by atoms with E-state index in [1.807, 2.05) is 19.9 Å². The molecule has 146 valence electrons. The van der Waals surface area contributed by atoms with E-state index in [0.717, 1.165) is 0 Å². The van der Waals surface area contributed by atoms with E-state index in [4.69, 9.17) is 4.74 Å². The Kier molecular flexibility index (Phi) is 3.90. The summed E-state index contributed by atoms with van der Waals surface area (Å²) in [5.41, 5.74) is -3.10. The predicted octanol–water partition coefficient (Wildman–Crippen LogP) is 2.74. The Bertz CT molecular complexity index is 791. The standard InChI is InChI=1S/C22H28O5/c1-14-17(23)16-11-19(2,13-27-18(24)15-7-5-4-6-8-15)12-22(16,26)20(3)9-10-21(14,20)25/h4-8,14,16,25-26H,9-13H2,1-3H3/t14-,16-,19-,20-,21+,22+/m0/s1. The third-order valence-electron chi connectivity index (χ3n) is 7.93. The second-order valence-corrected chi connectivity index (χ2v) is 9.49. The highest BCUT2D eigenvalue weighted by molar-refractivity contribution is 5.89. The molecule has 0 saturated heterocycles. The van der Waals surface area contributed by atoms with Crippen LogP contribution >= 0.6 is 0 Å². The smallest absolute Gasteiger partial charge is 0.338 e. The first-order valence-electron chi connectivity index (χ1n) is 9.77. The minimum atomic E-state index is -1.25. The third-order valence-corrected chi connectivity index (χ3v) is 7.93. The zero-order valence-electron chi connectivity index (χ0n) is 16.2. The Morgan fingerprint density at radius 3 is 2.41 bits per heavy atom. The van der Waals surface area contributed by atoms with Crippen LogP contribution < -0.4 is 0 Å². The minimum Gasteiger partial charge on any atom is -0.462 e. The van der Waals surface area contributed by atoms with E-state index in [2.05, 4.69) is 0 Å². The SMILES string of the molecule is C[C@H]1C(=O)[C@@H]2C[C@](C)(COC(=O)c3ccccc3)C[C@]2(O)[C@@]2(C)CC[C@@]12O. The molecule has 3 saturated carbocycles. The molecular formula is C22H28O5. The summed E-state index contributed by atoms with van der Waals surface area (Å²) >= 11 is 0. The molecule has 0 amide bonds. The maximum Gasteiger partial charge on any atom is 0.338 e. The van der Waals surface area contributed by atoms with Crippen molar-refractivity contribution in [1.29, 1.82) is 0 Å². The summed E-state index contributed by atoms with van der Waals surface area (Å²) in [5.74, 6) is -1.45. The maximum atomic E-state index is 13.0. The molecule has 5 heteroatoms. The number of fused-ring (bicyclic) bond motifs is 3. The topological polar surface area (TPSA) is 83.8 Å². The Balaban J connectivity index is 1.56. The van der Waals surface area contributed by atoms with Crippen LogP contribution in [0.1, 0.15) is 56.8 Å². The van der Waals surface area contributed by atoms with Crippen LogP contribution in [0.25, 0.3) is 0 Å². The lowest BCUT2D eigenvalue weighted by molar-refractivity contribution is -0.292. The van der Waals surface area contributed by atoms with Crippen molar-refractivity contribution in [2.45, 2.75) is 57.7 Å². The molecule has 1 aromatic rings. The number of rotatable bonds is 3. The number of ether oxygens (including phenoxy) is 1. The van der Waals surface area contributed by atoms with E-state index in [0.29, 0.717) is 31.2 Å². The average Bonchev–Trinajstić information content (AvgIpc) is 2.95. The lowest BCUT2D eigenvalue weighted by atomic mass is 9.40. The molecule has 5 nitrogen and oxygen atoms in total. The Morgan fingerprint density at radius 2 is 1.81 bits per heavy atom. The van der Waals surface area contributed by atoms with E-state index in [1.165, 1.54) is 0 Å². The molecule has 27 heavy (non-hydrogen) atoms. The summed E-state index contributed by atoms with van der Waals surface area (Å²) in [6.07, 6.45) is 2.07. The minimum absolute atomic E-state index is 0.0599. The molecule has 3 aliphatic carbocycles. The van der Waals surface area contributed by atoms with Crippen molar-refractivity contribution in [1.82, 2.24) is 0 Å². The molecule has 4 rings (SSSR count). The van der Waals surface area contributed by atoms with Gasteiger partial charge in [0.1, 0.15) is 5.78 Å². The molecule has 0 spiro atoms. The van der Waals surface area contributed by atoms with Gasteiger partial charge in [0, 0.05) is 22.7 Å². The van der Waals surface area contributed by atoms with Crippen molar-refractivity contribution >= 4 is 11.8 Å². The second-order valence-electron chi connectivity index (χ2n) is 9.49. The van der Waals surface area contributed by atoms with Crippen LogP contribution in [0.5, 0.6) is 0 Å². The lowest BCUT2D eigenvalue weighted by Gasteiger charge is -2.67. The monoisotopic (exact) mass is 372 g/mol. The molecule has 2 N–H and O–H groups in total. The van der Waals surface area contributed by atoms with E-state index in [-0.39, 0.29) is 12.4 Å². The van der Waals surface area contributed by atoms with Gasteiger partial charge in [0.15, 0.2) is 0 Å². The molecule has 3 aliphatic rings. The number of ketones is 1. The Labute approximate surface area is 159 Å². The van der Waals surface area contributed by atoms with Gasteiger partial charge in [-0.05, 0) is 37.8 Å². The van der Waals surface area contributed by atoms with Gasteiger partial charge in [0.2, 0.25) is 0 Å². The second kappa shape index (κ2) is 5.65. The number of aliphatic hydroxyl groups is 2. The number of hydrogen-bond donors (Lipinski definition) is 2. The van der Waals surface area contributed by atoms with Crippen LogP contribution in [0, 0.1) is 22.7 Å². The molecule has 0 unspecified atom stereocenters. The lowest BCUT2D eigenvalue weighted by Crippen LogP contribution is -2.76.